The molecule has 1 amide bonds. The quantitative estimate of drug-likeness (QED) is 0.668. The molecule has 1 aliphatic heterocycles. The number of carbonyl (C=O) groups excluding carboxylic acids is 1. The van der Waals surface area contributed by atoms with Gasteiger partial charge in [0.05, 0.1) is 0 Å². The smallest absolute Gasteiger partial charge is 0.228 e. The Labute approximate surface area is 113 Å². The van der Waals surface area contributed by atoms with E-state index in [1.165, 1.54) is 0 Å². The summed E-state index contributed by atoms with van der Waals surface area (Å²) in [5.74, 6) is 0.873. The van der Waals surface area contributed by atoms with Crippen LogP contribution in [0, 0.1) is 0 Å². The third-order valence-corrected chi connectivity index (χ3v) is 3.07. The maximum atomic E-state index is 11.8. The number of ether oxygens (including phenoxy) is 1. The van der Waals surface area contributed by atoms with Gasteiger partial charge in [-0.05, 0) is 24.6 Å². The fraction of sp³-hybridized carbons (Fsp3) is 0.357. The summed E-state index contributed by atoms with van der Waals surface area (Å²) < 4.78 is 5.57. The van der Waals surface area contributed by atoms with Crippen molar-refractivity contribution in [3.63, 3.8) is 0 Å². The van der Waals surface area contributed by atoms with Crippen molar-refractivity contribution in [2.24, 2.45) is 0 Å². The van der Waals surface area contributed by atoms with Crippen molar-refractivity contribution >= 4 is 24.2 Å². The number of rotatable bonds is 4. The van der Waals surface area contributed by atoms with E-state index in [9.17, 15) is 4.79 Å². The lowest BCUT2D eigenvalue weighted by Gasteiger charge is -2.17. The number of anilines is 1. The lowest BCUT2D eigenvalue weighted by molar-refractivity contribution is -0.117. The molecule has 0 radical (unpaired) electrons. The first kappa shape index (κ1) is 13.0. The SMILES string of the molecule is C=C(C)COc1cccc(N2CC(S)CC2=O)c1. The molecular weight excluding hydrogens is 246 g/mol. The molecule has 1 aromatic rings. The van der Waals surface area contributed by atoms with Crippen molar-refractivity contribution in [3.8, 4) is 5.75 Å². The Morgan fingerprint density at radius 1 is 1.61 bits per heavy atom. The highest BCUT2D eigenvalue weighted by Gasteiger charge is 2.28. The predicted molar refractivity (Wildman–Crippen MR) is 76.5 cm³/mol. The minimum absolute atomic E-state index is 0.118. The molecule has 96 valence electrons. The molecule has 1 atom stereocenters. The van der Waals surface area contributed by atoms with Gasteiger partial charge in [0.25, 0.3) is 0 Å². The van der Waals surface area contributed by atoms with E-state index in [0.717, 1.165) is 17.0 Å². The molecule has 18 heavy (non-hydrogen) atoms. The first-order valence-corrected chi connectivity index (χ1v) is 6.43. The van der Waals surface area contributed by atoms with E-state index in [2.05, 4.69) is 19.2 Å². The standard InChI is InChI=1S/C14H17NO2S/c1-10(2)9-17-12-5-3-4-11(6-12)15-8-13(18)7-14(15)16/h3-6,13,18H,1,7-9H2,2H3. The molecule has 0 bridgehead atoms. The molecule has 1 aromatic carbocycles. The molecule has 1 unspecified atom stereocenters. The summed E-state index contributed by atoms with van der Waals surface area (Å²) in [6, 6.07) is 7.57. The number of thiol groups is 1. The van der Waals surface area contributed by atoms with Gasteiger partial charge >= 0.3 is 0 Å². The molecule has 1 aliphatic rings. The summed E-state index contributed by atoms with van der Waals surface area (Å²) in [4.78, 5) is 13.5. The van der Waals surface area contributed by atoms with Crippen LogP contribution in [0.2, 0.25) is 0 Å². The maximum Gasteiger partial charge on any atom is 0.228 e. The summed E-state index contributed by atoms with van der Waals surface area (Å²) >= 11 is 4.35. The number of hydrogen-bond acceptors (Lipinski definition) is 3. The van der Waals surface area contributed by atoms with Gasteiger partial charge < -0.3 is 9.64 Å². The van der Waals surface area contributed by atoms with Crippen LogP contribution in [0.4, 0.5) is 5.69 Å². The summed E-state index contributed by atoms with van der Waals surface area (Å²) in [6.45, 7) is 6.86. The van der Waals surface area contributed by atoms with Crippen molar-refractivity contribution in [1.29, 1.82) is 0 Å². The Kier molecular flexibility index (Phi) is 3.97. The normalized spacial score (nSPS) is 19.1. The first-order valence-electron chi connectivity index (χ1n) is 5.92. The van der Waals surface area contributed by atoms with Crippen LogP contribution >= 0.6 is 12.6 Å². The third-order valence-electron chi connectivity index (χ3n) is 2.72. The zero-order valence-electron chi connectivity index (χ0n) is 10.4. The zero-order valence-corrected chi connectivity index (χ0v) is 11.3. The first-order chi connectivity index (χ1) is 8.56. The lowest BCUT2D eigenvalue weighted by atomic mass is 10.2. The molecule has 3 nitrogen and oxygen atoms in total. The molecule has 1 fully saturated rings. The molecule has 2 rings (SSSR count). The summed E-state index contributed by atoms with van der Waals surface area (Å²) in [5.41, 5.74) is 1.84. The Balaban J connectivity index is 2.12. The molecule has 0 aromatic heterocycles. The zero-order chi connectivity index (χ0) is 13.1. The van der Waals surface area contributed by atoms with Crippen molar-refractivity contribution in [2.75, 3.05) is 18.1 Å². The van der Waals surface area contributed by atoms with Crippen molar-refractivity contribution in [3.05, 3.63) is 36.4 Å². The molecular formula is C14H17NO2S. The van der Waals surface area contributed by atoms with Gasteiger partial charge in [0.2, 0.25) is 5.91 Å². The fourth-order valence-electron chi connectivity index (χ4n) is 1.89. The average molecular weight is 263 g/mol. The summed E-state index contributed by atoms with van der Waals surface area (Å²) in [7, 11) is 0. The van der Waals surface area contributed by atoms with Crippen LogP contribution in [0.15, 0.2) is 36.4 Å². The molecule has 0 N–H and O–H groups in total. The summed E-state index contributed by atoms with van der Waals surface area (Å²) in [5, 5.41) is 0.123. The summed E-state index contributed by atoms with van der Waals surface area (Å²) in [6.07, 6.45) is 0.500. The van der Waals surface area contributed by atoms with Crippen LogP contribution in [0.25, 0.3) is 0 Å². The van der Waals surface area contributed by atoms with Crippen LogP contribution < -0.4 is 9.64 Å². The minimum atomic E-state index is 0.118. The Bertz CT molecular complexity index is 473. The van der Waals surface area contributed by atoms with Gasteiger partial charge in [-0.2, -0.15) is 12.6 Å². The van der Waals surface area contributed by atoms with Gasteiger partial charge in [0, 0.05) is 30.0 Å². The van der Waals surface area contributed by atoms with Crippen LogP contribution in [0.5, 0.6) is 5.75 Å². The maximum absolute atomic E-state index is 11.8. The second-order valence-corrected chi connectivity index (χ2v) is 5.34. The number of nitrogens with zero attached hydrogens (tertiary/aromatic N) is 1. The Morgan fingerprint density at radius 3 is 3.00 bits per heavy atom. The minimum Gasteiger partial charge on any atom is -0.489 e. The number of hydrogen-bond donors (Lipinski definition) is 1. The average Bonchev–Trinajstić information content (AvgIpc) is 2.66. The Hall–Kier alpha value is -1.42. The van der Waals surface area contributed by atoms with E-state index in [-0.39, 0.29) is 11.2 Å². The lowest BCUT2D eigenvalue weighted by Crippen LogP contribution is -2.24. The van der Waals surface area contributed by atoms with Crippen molar-refractivity contribution in [2.45, 2.75) is 18.6 Å². The van der Waals surface area contributed by atoms with E-state index in [1.807, 2.05) is 31.2 Å². The highest BCUT2D eigenvalue weighted by atomic mass is 32.1. The second kappa shape index (κ2) is 5.48. The number of benzene rings is 1. The second-order valence-electron chi connectivity index (χ2n) is 4.61. The van der Waals surface area contributed by atoms with E-state index in [1.54, 1.807) is 4.90 Å². The number of carbonyl (C=O) groups is 1. The van der Waals surface area contributed by atoms with Crippen molar-refractivity contribution in [1.82, 2.24) is 0 Å². The molecule has 0 spiro atoms. The highest BCUT2D eigenvalue weighted by Crippen LogP contribution is 2.27. The number of amides is 1. The van der Waals surface area contributed by atoms with Gasteiger partial charge in [-0.25, -0.2) is 0 Å². The van der Waals surface area contributed by atoms with E-state index < -0.39 is 0 Å². The molecule has 1 heterocycles. The largest absolute Gasteiger partial charge is 0.489 e. The topological polar surface area (TPSA) is 29.5 Å². The molecule has 4 heteroatoms. The third kappa shape index (κ3) is 3.07. The van der Waals surface area contributed by atoms with E-state index >= 15 is 0 Å². The van der Waals surface area contributed by atoms with Crippen molar-refractivity contribution < 1.29 is 9.53 Å². The van der Waals surface area contributed by atoms with E-state index in [4.69, 9.17) is 4.74 Å². The van der Waals surface area contributed by atoms with Gasteiger partial charge in [0.1, 0.15) is 12.4 Å². The highest BCUT2D eigenvalue weighted by molar-refractivity contribution is 7.81. The fourth-order valence-corrected chi connectivity index (χ4v) is 2.21. The monoisotopic (exact) mass is 263 g/mol. The van der Waals surface area contributed by atoms with Gasteiger partial charge in [0.15, 0.2) is 0 Å². The van der Waals surface area contributed by atoms with Gasteiger partial charge in [-0.15, -0.1) is 0 Å². The van der Waals surface area contributed by atoms with Crippen LogP contribution in [-0.4, -0.2) is 24.3 Å². The van der Waals surface area contributed by atoms with Crippen LogP contribution in [0.1, 0.15) is 13.3 Å². The molecule has 0 aliphatic carbocycles. The van der Waals surface area contributed by atoms with Crippen LogP contribution in [-0.2, 0) is 4.79 Å². The molecule has 0 saturated carbocycles. The van der Waals surface area contributed by atoms with Gasteiger partial charge in [-0.3, -0.25) is 4.79 Å². The van der Waals surface area contributed by atoms with E-state index in [0.29, 0.717) is 19.6 Å². The predicted octanol–water partition coefficient (Wildman–Crippen LogP) is 2.68. The Morgan fingerprint density at radius 2 is 2.39 bits per heavy atom. The van der Waals surface area contributed by atoms with Gasteiger partial charge in [-0.1, -0.05) is 12.6 Å². The van der Waals surface area contributed by atoms with Crippen LogP contribution in [0.3, 0.4) is 0 Å². The molecule has 1 saturated heterocycles.